The lowest BCUT2D eigenvalue weighted by Crippen LogP contribution is -2.43. The first-order valence-corrected chi connectivity index (χ1v) is 7.20. The van der Waals surface area contributed by atoms with Crippen molar-refractivity contribution in [3.63, 3.8) is 0 Å². The summed E-state index contributed by atoms with van der Waals surface area (Å²) in [4.78, 5) is 34.7. The summed E-state index contributed by atoms with van der Waals surface area (Å²) in [5.74, 6) is -0.664. The van der Waals surface area contributed by atoms with Crippen LogP contribution in [0.5, 0.6) is 5.75 Å². The van der Waals surface area contributed by atoms with E-state index in [4.69, 9.17) is 13.9 Å². The SMILES string of the molecule is CNC(=O)NC(=O)C(C)OC(=O)Cc1coc2cc(OC)ccc12. The summed E-state index contributed by atoms with van der Waals surface area (Å²) >= 11 is 0. The van der Waals surface area contributed by atoms with Crippen LogP contribution in [-0.2, 0) is 20.7 Å². The van der Waals surface area contributed by atoms with Crippen LogP contribution in [0.25, 0.3) is 11.0 Å². The zero-order valence-corrected chi connectivity index (χ0v) is 13.5. The molecule has 8 nitrogen and oxygen atoms in total. The van der Waals surface area contributed by atoms with Gasteiger partial charge in [0.25, 0.3) is 5.91 Å². The molecule has 1 aromatic heterocycles. The molecular formula is C16H18N2O6. The molecule has 1 unspecified atom stereocenters. The van der Waals surface area contributed by atoms with Crippen LogP contribution in [0.15, 0.2) is 28.9 Å². The minimum atomic E-state index is -1.09. The number of hydrogen-bond donors (Lipinski definition) is 2. The lowest BCUT2D eigenvalue weighted by atomic mass is 10.1. The molecule has 0 aliphatic rings. The van der Waals surface area contributed by atoms with Gasteiger partial charge in [-0.1, -0.05) is 0 Å². The second kappa shape index (κ2) is 7.49. The fraction of sp³-hybridized carbons (Fsp3) is 0.312. The van der Waals surface area contributed by atoms with Gasteiger partial charge >= 0.3 is 12.0 Å². The molecule has 1 atom stereocenters. The van der Waals surface area contributed by atoms with E-state index in [1.54, 1.807) is 25.3 Å². The van der Waals surface area contributed by atoms with Crippen LogP contribution >= 0.6 is 0 Å². The Hall–Kier alpha value is -3.03. The highest BCUT2D eigenvalue weighted by Crippen LogP contribution is 2.26. The standard InChI is InChI=1S/C16H18N2O6/c1-9(15(20)18-16(21)17-2)24-14(19)6-10-8-23-13-7-11(22-3)4-5-12(10)13/h4-5,7-9H,6H2,1-3H3,(H2,17,18,20,21). The summed E-state index contributed by atoms with van der Waals surface area (Å²) in [6.45, 7) is 1.38. The first-order chi connectivity index (χ1) is 11.4. The van der Waals surface area contributed by atoms with E-state index in [0.717, 1.165) is 5.39 Å². The van der Waals surface area contributed by atoms with E-state index < -0.39 is 24.0 Å². The average Bonchev–Trinajstić information content (AvgIpc) is 2.96. The molecule has 0 radical (unpaired) electrons. The normalized spacial score (nSPS) is 11.6. The zero-order chi connectivity index (χ0) is 17.7. The molecule has 0 bridgehead atoms. The number of nitrogens with one attached hydrogen (secondary N) is 2. The Balaban J connectivity index is 1.99. The van der Waals surface area contributed by atoms with Gasteiger partial charge in [0.2, 0.25) is 0 Å². The molecule has 0 saturated carbocycles. The van der Waals surface area contributed by atoms with Crippen molar-refractivity contribution in [2.45, 2.75) is 19.4 Å². The van der Waals surface area contributed by atoms with E-state index in [0.29, 0.717) is 16.9 Å². The third-order valence-electron chi connectivity index (χ3n) is 3.34. The molecule has 2 aromatic rings. The zero-order valence-electron chi connectivity index (χ0n) is 13.5. The van der Waals surface area contributed by atoms with Crippen LogP contribution in [0.1, 0.15) is 12.5 Å². The van der Waals surface area contributed by atoms with Gasteiger partial charge in [0.1, 0.15) is 11.3 Å². The number of methoxy groups -OCH3 is 1. The third kappa shape index (κ3) is 4.03. The number of carbonyl (C=O) groups excluding carboxylic acids is 3. The van der Waals surface area contributed by atoms with Crippen LogP contribution in [0.3, 0.4) is 0 Å². The van der Waals surface area contributed by atoms with E-state index in [2.05, 4.69) is 5.32 Å². The number of imide groups is 1. The number of esters is 1. The highest BCUT2D eigenvalue weighted by molar-refractivity contribution is 5.97. The first kappa shape index (κ1) is 17.3. The van der Waals surface area contributed by atoms with Gasteiger partial charge in [-0.3, -0.25) is 14.9 Å². The minimum Gasteiger partial charge on any atom is -0.497 e. The lowest BCUT2D eigenvalue weighted by Gasteiger charge is -2.12. The van der Waals surface area contributed by atoms with Crippen LogP contribution in [-0.4, -0.2) is 38.2 Å². The Morgan fingerprint density at radius 3 is 2.71 bits per heavy atom. The maximum Gasteiger partial charge on any atom is 0.321 e. The van der Waals surface area contributed by atoms with Gasteiger partial charge < -0.3 is 19.2 Å². The Kier molecular flexibility index (Phi) is 5.41. The topological polar surface area (TPSA) is 107 Å². The van der Waals surface area contributed by atoms with Gasteiger partial charge in [-0.25, -0.2) is 4.79 Å². The molecule has 0 fully saturated rings. The second-order valence-corrected chi connectivity index (χ2v) is 5.00. The van der Waals surface area contributed by atoms with Crippen molar-refractivity contribution in [1.82, 2.24) is 10.6 Å². The number of furan rings is 1. The Morgan fingerprint density at radius 2 is 2.04 bits per heavy atom. The summed E-state index contributed by atoms with van der Waals surface area (Å²) in [6, 6.07) is 4.58. The van der Waals surface area contributed by atoms with E-state index in [9.17, 15) is 14.4 Å². The molecule has 1 heterocycles. The van der Waals surface area contributed by atoms with E-state index in [-0.39, 0.29) is 6.42 Å². The monoisotopic (exact) mass is 334 g/mol. The molecule has 2 rings (SSSR count). The van der Waals surface area contributed by atoms with Gasteiger partial charge in [-0.15, -0.1) is 0 Å². The fourth-order valence-corrected chi connectivity index (χ4v) is 2.05. The summed E-state index contributed by atoms with van der Waals surface area (Å²) < 4.78 is 15.5. The van der Waals surface area contributed by atoms with Crippen molar-refractivity contribution in [3.05, 3.63) is 30.0 Å². The molecule has 0 saturated heterocycles. The number of fused-ring (bicyclic) bond motifs is 1. The van der Waals surface area contributed by atoms with Crippen molar-refractivity contribution in [1.29, 1.82) is 0 Å². The number of urea groups is 1. The lowest BCUT2D eigenvalue weighted by molar-refractivity contribution is -0.153. The predicted octanol–water partition coefficient (Wildman–Crippen LogP) is 1.37. The molecular weight excluding hydrogens is 316 g/mol. The molecule has 1 aromatic carbocycles. The quantitative estimate of drug-likeness (QED) is 0.800. The van der Waals surface area contributed by atoms with Gasteiger partial charge in [0.15, 0.2) is 6.10 Å². The van der Waals surface area contributed by atoms with Gasteiger partial charge in [-0.2, -0.15) is 0 Å². The summed E-state index contributed by atoms with van der Waals surface area (Å²) in [7, 11) is 2.92. The molecule has 24 heavy (non-hydrogen) atoms. The molecule has 128 valence electrons. The number of rotatable bonds is 5. The highest BCUT2D eigenvalue weighted by Gasteiger charge is 2.20. The van der Waals surface area contributed by atoms with Crippen LogP contribution in [0, 0.1) is 0 Å². The van der Waals surface area contributed by atoms with E-state index in [1.807, 2.05) is 5.32 Å². The summed E-state index contributed by atoms with van der Waals surface area (Å²) in [5.41, 5.74) is 1.22. The maximum atomic E-state index is 12.0. The van der Waals surface area contributed by atoms with Crippen molar-refractivity contribution >= 4 is 28.9 Å². The van der Waals surface area contributed by atoms with Crippen LogP contribution in [0.2, 0.25) is 0 Å². The van der Waals surface area contributed by atoms with E-state index in [1.165, 1.54) is 20.2 Å². The van der Waals surface area contributed by atoms with Gasteiger partial charge in [0.05, 0.1) is 19.8 Å². The number of amides is 3. The molecule has 0 aliphatic carbocycles. The molecule has 3 amide bonds. The van der Waals surface area contributed by atoms with Gasteiger partial charge in [-0.05, 0) is 19.1 Å². The predicted molar refractivity (Wildman–Crippen MR) is 84.6 cm³/mol. The van der Waals surface area contributed by atoms with Crippen LogP contribution < -0.4 is 15.4 Å². The number of benzene rings is 1. The Bertz CT molecular complexity index is 767. The number of hydrogen-bond acceptors (Lipinski definition) is 6. The molecule has 8 heteroatoms. The number of ether oxygens (including phenoxy) is 2. The van der Waals surface area contributed by atoms with Crippen LogP contribution in [0.4, 0.5) is 4.79 Å². The van der Waals surface area contributed by atoms with E-state index >= 15 is 0 Å². The summed E-state index contributed by atoms with van der Waals surface area (Å²) in [6.07, 6.45) is 0.311. The third-order valence-corrected chi connectivity index (χ3v) is 3.34. The average molecular weight is 334 g/mol. The largest absolute Gasteiger partial charge is 0.497 e. The van der Waals surface area contributed by atoms with Gasteiger partial charge in [0, 0.05) is 24.1 Å². The summed E-state index contributed by atoms with van der Waals surface area (Å²) in [5, 5.41) is 5.03. The molecule has 2 N–H and O–H groups in total. The number of carbonyl (C=O) groups is 3. The minimum absolute atomic E-state index is 0.0586. The first-order valence-electron chi connectivity index (χ1n) is 7.20. The van der Waals surface area contributed by atoms with Crippen molar-refractivity contribution < 1.29 is 28.3 Å². The Morgan fingerprint density at radius 1 is 1.29 bits per heavy atom. The van der Waals surface area contributed by atoms with Crippen molar-refractivity contribution in [3.8, 4) is 5.75 Å². The maximum absolute atomic E-state index is 12.0. The second-order valence-electron chi connectivity index (χ2n) is 5.00. The molecule has 0 aliphatic heterocycles. The fourth-order valence-electron chi connectivity index (χ4n) is 2.05. The van der Waals surface area contributed by atoms with Crippen molar-refractivity contribution in [2.24, 2.45) is 0 Å². The van der Waals surface area contributed by atoms with Crippen molar-refractivity contribution in [2.75, 3.05) is 14.2 Å². The molecule has 0 spiro atoms. The Labute approximate surface area is 138 Å². The highest BCUT2D eigenvalue weighted by atomic mass is 16.5. The smallest absolute Gasteiger partial charge is 0.321 e.